The van der Waals surface area contributed by atoms with Gasteiger partial charge in [0.25, 0.3) is 0 Å². The Morgan fingerprint density at radius 3 is 2.00 bits per heavy atom. The third kappa shape index (κ3) is 1.73. The summed E-state index contributed by atoms with van der Waals surface area (Å²) in [5.41, 5.74) is 2.25. The first kappa shape index (κ1) is 8.33. The molecule has 0 fully saturated rings. The molecule has 0 aliphatic heterocycles. The Labute approximate surface area is 82.8 Å². The maximum absolute atomic E-state index is 6.06. The van der Waals surface area contributed by atoms with Crippen molar-refractivity contribution in [1.29, 1.82) is 0 Å². The number of hydrogen-bond donors (Lipinski definition) is 0. The van der Waals surface area contributed by atoms with Crippen LogP contribution >= 0.6 is 11.6 Å². The van der Waals surface area contributed by atoms with Crippen molar-refractivity contribution in [3.05, 3.63) is 59.6 Å². The maximum atomic E-state index is 6.06. The summed E-state index contributed by atoms with van der Waals surface area (Å²) in [7, 11) is 0. The molecule has 0 nitrogen and oxygen atoms in total. The van der Waals surface area contributed by atoms with E-state index in [4.69, 9.17) is 11.6 Å². The van der Waals surface area contributed by atoms with Crippen molar-refractivity contribution < 1.29 is 0 Å². The molecule has 0 saturated carbocycles. The zero-order valence-electron chi connectivity index (χ0n) is 7.07. The molecule has 64 valence electrons. The van der Waals surface area contributed by atoms with Crippen LogP contribution < -0.4 is 0 Å². The minimum atomic E-state index is 0.800. The van der Waals surface area contributed by atoms with Gasteiger partial charge in [0.2, 0.25) is 0 Å². The fourth-order valence-corrected chi connectivity index (χ4v) is 1.56. The van der Waals surface area contributed by atoms with Crippen molar-refractivity contribution in [3.8, 4) is 11.1 Å². The van der Waals surface area contributed by atoms with E-state index in [1.165, 1.54) is 0 Å². The lowest BCUT2D eigenvalue weighted by Gasteiger charge is -2.02. The van der Waals surface area contributed by atoms with E-state index in [0.29, 0.717) is 0 Å². The second-order valence-electron chi connectivity index (χ2n) is 2.85. The van der Waals surface area contributed by atoms with Gasteiger partial charge in [0, 0.05) is 10.6 Å². The van der Waals surface area contributed by atoms with Crippen LogP contribution in [-0.2, 0) is 0 Å². The molecule has 0 unspecified atom stereocenters. The van der Waals surface area contributed by atoms with E-state index in [-0.39, 0.29) is 0 Å². The highest BCUT2D eigenvalue weighted by molar-refractivity contribution is 6.33. The van der Waals surface area contributed by atoms with Crippen LogP contribution in [0.3, 0.4) is 0 Å². The van der Waals surface area contributed by atoms with Crippen LogP contribution in [0.4, 0.5) is 0 Å². The zero-order chi connectivity index (χ0) is 9.10. The molecule has 0 saturated heterocycles. The molecule has 0 atom stereocenters. The highest BCUT2D eigenvalue weighted by atomic mass is 35.5. The predicted molar refractivity (Wildman–Crippen MR) is 56.9 cm³/mol. The van der Waals surface area contributed by atoms with Crippen LogP contribution in [0.2, 0.25) is 5.02 Å². The molecular weight excluding hydrogens is 191 g/mol. The van der Waals surface area contributed by atoms with E-state index in [9.17, 15) is 0 Å². The van der Waals surface area contributed by atoms with E-state index in [2.05, 4.69) is 12.1 Å². The largest absolute Gasteiger partial charge is 0.0837 e. The summed E-state index contributed by atoms with van der Waals surface area (Å²) in [6.07, 6.45) is 0. The normalized spacial score (nSPS) is 9.92. The van der Waals surface area contributed by atoms with E-state index in [1.54, 1.807) is 0 Å². The van der Waals surface area contributed by atoms with Gasteiger partial charge in [-0.1, -0.05) is 60.1 Å². The number of benzene rings is 2. The van der Waals surface area contributed by atoms with Crippen molar-refractivity contribution >= 4 is 11.6 Å². The number of hydrogen-bond acceptors (Lipinski definition) is 0. The topological polar surface area (TPSA) is 0 Å². The molecule has 0 radical (unpaired) electrons. The van der Waals surface area contributed by atoms with Crippen LogP contribution in [0.25, 0.3) is 11.1 Å². The van der Waals surface area contributed by atoms with Crippen LogP contribution in [0.5, 0.6) is 0 Å². The molecular formula is C12H9Cl. The molecule has 0 aliphatic carbocycles. The van der Waals surface area contributed by atoms with Crippen LogP contribution in [0.1, 0.15) is 0 Å². The van der Waals surface area contributed by atoms with Crippen molar-refractivity contribution in [2.75, 3.05) is 0 Å². The van der Waals surface area contributed by atoms with Gasteiger partial charge in [-0.15, -0.1) is 0 Å². The van der Waals surface area contributed by atoms with E-state index < -0.39 is 0 Å². The lowest BCUT2D eigenvalue weighted by molar-refractivity contribution is 1.62. The molecule has 0 aromatic heterocycles. The van der Waals surface area contributed by atoms with Crippen molar-refractivity contribution in [3.63, 3.8) is 0 Å². The average molecular weight is 201 g/mol. The third-order valence-electron chi connectivity index (χ3n) is 1.96. The van der Waals surface area contributed by atoms with Gasteiger partial charge in [0.1, 0.15) is 0 Å². The second kappa shape index (κ2) is 3.63. The first-order valence-electron chi connectivity index (χ1n) is 4.18. The van der Waals surface area contributed by atoms with Crippen molar-refractivity contribution in [2.45, 2.75) is 0 Å². The van der Waals surface area contributed by atoms with Crippen LogP contribution in [0.15, 0.2) is 54.6 Å². The Morgan fingerprint density at radius 2 is 1.31 bits per heavy atom. The van der Waals surface area contributed by atoms with Gasteiger partial charge in [-0.05, 0) is 11.6 Å². The number of halogens is 1. The summed E-state index contributed by atoms with van der Waals surface area (Å²) < 4.78 is 0. The molecule has 0 spiro atoms. The molecule has 0 heterocycles. The lowest BCUT2D eigenvalue weighted by Crippen LogP contribution is -1.77. The molecule has 0 N–H and O–H groups in total. The summed E-state index contributed by atoms with van der Waals surface area (Å²) in [6, 6.07) is 18.0. The minimum absolute atomic E-state index is 0.800. The third-order valence-corrected chi connectivity index (χ3v) is 2.29. The van der Waals surface area contributed by atoms with Crippen LogP contribution in [-0.4, -0.2) is 0 Å². The summed E-state index contributed by atoms with van der Waals surface area (Å²) in [4.78, 5) is 0. The summed E-state index contributed by atoms with van der Waals surface area (Å²) in [5.74, 6) is 0. The van der Waals surface area contributed by atoms with Gasteiger partial charge in [-0.3, -0.25) is 0 Å². The number of rotatable bonds is 1. The average Bonchev–Trinajstić information content (AvgIpc) is 2.20. The standard InChI is InChI=1S/C12H9Cl/c13-12-9-5-4-8-11(12)10-6-2-1-3-7-10/h1-9H/i1+1,2+1,3+1,4+1,5+1,6+1,7+1,8+1,9+1,10+1,11+1,12+1. The van der Waals surface area contributed by atoms with Crippen molar-refractivity contribution in [1.82, 2.24) is 0 Å². The van der Waals surface area contributed by atoms with Gasteiger partial charge in [0.15, 0.2) is 0 Å². The highest BCUT2D eigenvalue weighted by Gasteiger charge is 1.99. The van der Waals surface area contributed by atoms with Gasteiger partial charge in [-0.25, -0.2) is 0 Å². The Kier molecular flexibility index (Phi) is 2.33. The molecule has 0 bridgehead atoms. The summed E-state index contributed by atoms with van der Waals surface area (Å²) in [6.45, 7) is 0. The van der Waals surface area contributed by atoms with E-state index >= 15 is 0 Å². The Morgan fingerprint density at radius 1 is 0.692 bits per heavy atom. The minimum Gasteiger partial charge on any atom is -0.0837 e. The molecule has 13 heavy (non-hydrogen) atoms. The fraction of sp³-hybridized carbons (Fsp3) is 0. The van der Waals surface area contributed by atoms with Gasteiger partial charge in [-0.2, -0.15) is 0 Å². The smallest absolute Gasteiger partial charge is 0.0484 e. The Balaban J connectivity index is 2.54. The van der Waals surface area contributed by atoms with E-state index in [0.717, 1.165) is 16.1 Å². The Bertz CT molecular complexity index is 393. The Hall–Kier alpha value is -1.27. The molecule has 0 aliphatic rings. The van der Waals surface area contributed by atoms with Gasteiger partial charge < -0.3 is 0 Å². The second-order valence-corrected chi connectivity index (χ2v) is 3.25. The fourth-order valence-electron chi connectivity index (χ4n) is 1.31. The zero-order valence-corrected chi connectivity index (χ0v) is 7.83. The maximum Gasteiger partial charge on any atom is 0.0484 e. The van der Waals surface area contributed by atoms with Gasteiger partial charge >= 0.3 is 0 Å². The van der Waals surface area contributed by atoms with Crippen LogP contribution in [0, 0.1) is 0 Å². The molecule has 2 aromatic rings. The summed E-state index contributed by atoms with van der Waals surface area (Å²) >= 11 is 6.06. The molecule has 1 heteroatoms. The molecule has 2 aromatic carbocycles. The van der Waals surface area contributed by atoms with Gasteiger partial charge in [0.05, 0.1) is 0 Å². The monoisotopic (exact) mass is 200 g/mol. The summed E-state index contributed by atoms with van der Waals surface area (Å²) in [5, 5.41) is 0.800. The van der Waals surface area contributed by atoms with E-state index in [1.807, 2.05) is 42.5 Å². The predicted octanol–water partition coefficient (Wildman–Crippen LogP) is 4.01. The lowest BCUT2D eigenvalue weighted by atomic mass is 11.1. The SMILES string of the molecule is Cl[13c]1[13cH][13cH][13cH][13cH][13c]1-[13c]1[13cH][13cH][13cH][13cH][13cH]1. The highest BCUT2D eigenvalue weighted by Crippen LogP contribution is 2.26. The first-order valence-corrected chi connectivity index (χ1v) is 4.55. The quantitative estimate of drug-likeness (QED) is 0.653. The molecule has 0 amide bonds. The molecule has 2 rings (SSSR count). The van der Waals surface area contributed by atoms with Crippen molar-refractivity contribution in [2.24, 2.45) is 0 Å². The first-order chi connectivity index (χ1) is 6.38.